The fraction of sp³-hybridized carbons (Fsp3) is 0.316. The number of benzene rings is 2. The average Bonchev–Trinajstić information content (AvgIpc) is 3.29. The second kappa shape index (κ2) is 6.73. The van der Waals surface area contributed by atoms with E-state index in [0.717, 1.165) is 31.5 Å². The molecule has 4 heteroatoms. The highest BCUT2D eigenvalue weighted by molar-refractivity contribution is 5.95. The van der Waals surface area contributed by atoms with Crippen LogP contribution in [0.3, 0.4) is 0 Å². The fourth-order valence-corrected chi connectivity index (χ4v) is 3.13. The van der Waals surface area contributed by atoms with E-state index in [0.29, 0.717) is 12.6 Å². The van der Waals surface area contributed by atoms with Gasteiger partial charge in [0.25, 0.3) is 5.91 Å². The topological polar surface area (TPSA) is 32.3 Å². The molecule has 120 valence electrons. The van der Waals surface area contributed by atoms with Gasteiger partial charge in [0.1, 0.15) is 0 Å². The van der Waals surface area contributed by atoms with Gasteiger partial charge in [0.05, 0.1) is 0 Å². The van der Waals surface area contributed by atoms with E-state index in [9.17, 15) is 4.79 Å². The molecular formula is C19H21ClN2O. The lowest BCUT2D eigenvalue weighted by atomic mass is 10.1. The second-order valence-electron chi connectivity index (χ2n) is 6.24. The zero-order chi connectivity index (χ0) is 14.9. The number of amides is 1. The summed E-state index contributed by atoms with van der Waals surface area (Å²) in [6.07, 6.45) is 2.26. The third-order valence-corrected chi connectivity index (χ3v) is 4.53. The molecule has 1 saturated carbocycles. The number of carbonyl (C=O) groups is 1. The smallest absolute Gasteiger partial charge is 0.254 e. The van der Waals surface area contributed by atoms with Crippen molar-refractivity contribution in [1.29, 1.82) is 0 Å². The van der Waals surface area contributed by atoms with Crippen LogP contribution in [0.15, 0.2) is 48.5 Å². The highest BCUT2D eigenvalue weighted by atomic mass is 35.5. The van der Waals surface area contributed by atoms with Gasteiger partial charge in [0.15, 0.2) is 0 Å². The predicted octanol–water partition coefficient (Wildman–Crippen LogP) is 3.52. The van der Waals surface area contributed by atoms with E-state index in [1.165, 1.54) is 16.7 Å². The van der Waals surface area contributed by atoms with Gasteiger partial charge in [-0.05, 0) is 41.7 Å². The lowest BCUT2D eigenvalue weighted by molar-refractivity contribution is 0.0730. The Labute approximate surface area is 143 Å². The van der Waals surface area contributed by atoms with Crippen molar-refractivity contribution in [3.05, 3.63) is 70.8 Å². The standard InChI is InChI=1S/C19H20N2O.ClH/c22-19(15-6-7-16-11-20-12-17(16)10-15)21(18-8-9-18)13-14-4-2-1-3-5-14;/h1-7,10,18,20H,8-9,11-13H2;1H. The lowest BCUT2D eigenvalue weighted by Gasteiger charge is -2.23. The zero-order valence-corrected chi connectivity index (χ0v) is 13.8. The number of rotatable bonds is 4. The van der Waals surface area contributed by atoms with Crippen molar-refractivity contribution in [3.8, 4) is 0 Å². The van der Waals surface area contributed by atoms with Crippen LogP contribution in [0.2, 0.25) is 0 Å². The normalized spacial score (nSPS) is 15.7. The van der Waals surface area contributed by atoms with Crippen LogP contribution >= 0.6 is 12.4 Å². The van der Waals surface area contributed by atoms with Crippen LogP contribution in [0.25, 0.3) is 0 Å². The Kier molecular flexibility index (Phi) is 4.69. The van der Waals surface area contributed by atoms with Crippen molar-refractivity contribution in [2.24, 2.45) is 0 Å². The molecule has 23 heavy (non-hydrogen) atoms. The SMILES string of the molecule is Cl.O=C(c1ccc2c(c1)CNC2)N(Cc1ccccc1)C1CC1. The quantitative estimate of drug-likeness (QED) is 0.931. The predicted molar refractivity (Wildman–Crippen MR) is 93.6 cm³/mol. The number of hydrogen-bond acceptors (Lipinski definition) is 2. The molecule has 4 rings (SSSR count). The van der Waals surface area contributed by atoms with Crippen molar-refractivity contribution < 1.29 is 4.79 Å². The summed E-state index contributed by atoms with van der Waals surface area (Å²) in [5.41, 5.74) is 4.61. The summed E-state index contributed by atoms with van der Waals surface area (Å²) >= 11 is 0. The summed E-state index contributed by atoms with van der Waals surface area (Å²) in [5, 5.41) is 3.33. The van der Waals surface area contributed by atoms with Gasteiger partial charge >= 0.3 is 0 Å². The monoisotopic (exact) mass is 328 g/mol. The number of hydrogen-bond donors (Lipinski definition) is 1. The van der Waals surface area contributed by atoms with Crippen LogP contribution in [0.1, 0.15) is 39.9 Å². The van der Waals surface area contributed by atoms with Gasteiger partial charge in [-0.25, -0.2) is 0 Å². The average molecular weight is 329 g/mol. The largest absolute Gasteiger partial charge is 0.331 e. The minimum atomic E-state index is 0. The van der Waals surface area contributed by atoms with Crippen LogP contribution in [0, 0.1) is 0 Å². The first-order valence-electron chi connectivity index (χ1n) is 7.99. The van der Waals surface area contributed by atoms with Crippen LogP contribution < -0.4 is 5.32 Å². The molecule has 0 spiro atoms. The van der Waals surface area contributed by atoms with Gasteiger partial charge in [0.2, 0.25) is 0 Å². The zero-order valence-electron chi connectivity index (χ0n) is 13.0. The summed E-state index contributed by atoms with van der Waals surface area (Å²) in [6, 6.07) is 16.8. The number of nitrogens with one attached hydrogen (secondary N) is 1. The van der Waals surface area contributed by atoms with E-state index < -0.39 is 0 Å². The molecule has 0 unspecified atom stereocenters. The number of carbonyl (C=O) groups excluding carboxylic acids is 1. The molecule has 2 aromatic carbocycles. The summed E-state index contributed by atoms with van der Waals surface area (Å²) < 4.78 is 0. The van der Waals surface area contributed by atoms with Crippen molar-refractivity contribution in [3.63, 3.8) is 0 Å². The fourth-order valence-electron chi connectivity index (χ4n) is 3.13. The van der Waals surface area contributed by atoms with E-state index in [-0.39, 0.29) is 18.3 Å². The van der Waals surface area contributed by atoms with Crippen LogP contribution in [-0.4, -0.2) is 16.8 Å². The van der Waals surface area contributed by atoms with E-state index in [1.807, 2.05) is 29.2 Å². The van der Waals surface area contributed by atoms with Gasteiger partial charge < -0.3 is 10.2 Å². The molecule has 3 nitrogen and oxygen atoms in total. The summed E-state index contributed by atoms with van der Waals surface area (Å²) in [7, 11) is 0. The minimum absolute atomic E-state index is 0. The van der Waals surface area contributed by atoms with Gasteiger partial charge in [-0.2, -0.15) is 0 Å². The molecule has 0 atom stereocenters. The summed E-state index contributed by atoms with van der Waals surface area (Å²) in [5.74, 6) is 0.168. The van der Waals surface area contributed by atoms with E-state index in [1.54, 1.807) is 0 Å². The van der Waals surface area contributed by atoms with E-state index in [2.05, 4.69) is 29.6 Å². The number of fused-ring (bicyclic) bond motifs is 1. The molecular weight excluding hydrogens is 308 g/mol. The van der Waals surface area contributed by atoms with E-state index >= 15 is 0 Å². The third kappa shape index (κ3) is 3.41. The van der Waals surface area contributed by atoms with E-state index in [4.69, 9.17) is 0 Å². The first kappa shape index (κ1) is 16.0. The van der Waals surface area contributed by atoms with Crippen LogP contribution in [-0.2, 0) is 19.6 Å². The molecule has 0 aromatic heterocycles. The molecule has 1 aliphatic heterocycles. The first-order chi connectivity index (χ1) is 10.8. The molecule has 1 amide bonds. The third-order valence-electron chi connectivity index (χ3n) is 4.53. The Morgan fingerprint density at radius 2 is 1.78 bits per heavy atom. The second-order valence-corrected chi connectivity index (χ2v) is 6.24. The first-order valence-corrected chi connectivity index (χ1v) is 7.99. The maximum atomic E-state index is 12.9. The molecule has 1 N–H and O–H groups in total. The van der Waals surface area contributed by atoms with Gasteiger partial charge in [-0.1, -0.05) is 36.4 Å². The highest BCUT2D eigenvalue weighted by Gasteiger charge is 2.33. The molecule has 0 bridgehead atoms. The number of halogens is 1. The molecule has 1 heterocycles. The Balaban J connectivity index is 0.00000156. The van der Waals surface area contributed by atoms with Crippen molar-refractivity contribution in [1.82, 2.24) is 10.2 Å². The molecule has 1 fully saturated rings. The van der Waals surface area contributed by atoms with Crippen molar-refractivity contribution >= 4 is 18.3 Å². The highest BCUT2D eigenvalue weighted by Crippen LogP contribution is 2.30. The van der Waals surface area contributed by atoms with Gasteiger partial charge in [-0.3, -0.25) is 4.79 Å². The Hall–Kier alpha value is -1.84. The lowest BCUT2D eigenvalue weighted by Crippen LogP contribution is -2.32. The Morgan fingerprint density at radius 1 is 1.04 bits per heavy atom. The summed E-state index contributed by atoms with van der Waals surface area (Å²) in [4.78, 5) is 15.0. The molecule has 2 aliphatic rings. The minimum Gasteiger partial charge on any atom is -0.331 e. The summed E-state index contributed by atoms with van der Waals surface area (Å²) in [6.45, 7) is 2.50. The van der Waals surface area contributed by atoms with Gasteiger partial charge in [0, 0.05) is 31.2 Å². The van der Waals surface area contributed by atoms with Crippen molar-refractivity contribution in [2.45, 2.75) is 38.5 Å². The van der Waals surface area contributed by atoms with Crippen LogP contribution in [0.4, 0.5) is 0 Å². The maximum absolute atomic E-state index is 12.9. The van der Waals surface area contributed by atoms with Crippen LogP contribution in [0.5, 0.6) is 0 Å². The molecule has 0 radical (unpaired) electrons. The molecule has 0 saturated heterocycles. The maximum Gasteiger partial charge on any atom is 0.254 e. The number of nitrogens with zero attached hydrogens (tertiary/aromatic N) is 1. The molecule has 2 aromatic rings. The van der Waals surface area contributed by atoms with Crippen molar-refractivity contribution in [2.75, 3.05) is 0 Å². The van der Waals surface area contributed by atoms with Gasteiger partial charge in [-0.15, -0.1) is 12.4 Å². The Morgan fingerprint density at radius 3 is 2.52 bits per heavy atom. The Bertz CT molecular complexity index is 698. The molecule has 1 aliphatic carbocycles.